The number of allylic oxidation sites excluding steroid dienone is 1. The number of fused-ring (bicyclic) bond motifs is 2. The van der Waals surface area contributed by atoms with Gasteiger partial charge in [0.15, 0.2) is 0 Å². The first-order valence-electron chi connectivity index (χ1n) is 7.16. The second-order valence-electron chi connectivity index (χ2n) is 5.96. The summed E-state index contributed by atoms with van der Waals surface area (Å²) in [5.41, 5.74) is 0. The number of aromatic nitrogens is 2. The molecule has 1 N–H and O–H groups in total. The van der Waals surface area contributed by atoms with Crippen LogP contribution in [0.3, 0.4) is 0 Å². The van der Waals surface area contributed by atoms with Crippen LogP contribution in [-0.4, -0.2) is 15.6 Å². The largest absolute Gasteiger partial charge is 0.353 e. The second-order valence-corrected chi connectivity index (χ2v) is 5.96. The van der Waals surface area contributed by atoms with Crippen molar-refractivity contribution in [3.63, 3.8) is 0 Å². The van der Waals surface area contributed by atoms with Crippen molar-refractivity contribution in [1.82, 2.24) is 9.55 Å². The van der Waals surface area contributed by atoms with Gasteiger partial charge in [-0.2, -0.15) is 0 Å². The highest BCUT2D eigenvalue weighted by atomic mass is 15.2. The Morgan fingerprint density at radius 2 is 2.44 bits per heavy atom. The molecule has 0 saturated heterocycles. The summed E-state index contributed by atoms with van der Waals surface area (Å²) >= 11 is 0. The smallest absolute Gasteiger partial charge is 0.203 e. The fraction of sp³-hybridized carbons (Fsp3) is 0.667. The average molecular weight is 245 g/mol. The Hall–Kier alpha value is -1.25. The van der Waals surface area contributed by atoms with Crippen molar-refractivity contribution in [2.45, 2.75) is 45.2 Å². The van der Waals surface area contributed by atoms with Gasteiger partial charge in [-0.15, -0.1) is 6.58 Å². The van der Waals surface area contributed by atoms with Crippen LogP contribution in [0.5, 0.6) is 0 Å². The van der Waals surface area contributed by atoms with Crippen LogP contribution in [0.25, 0.3) is 0 Å². The maximum atomic E-state index is 4.41. The molecule has 0 aromatic carbocycles. The van der Waals surface area contributed by atoms with Crippen LogP contribution in [0.2, 0.25) is 0 Å². The van der Waals surface area contributed by atoms with E-state index >= 15 is 0 Å². The quantitative estimate of drug-likeness (QED) is 0.807. The van der Waals surface area contributed by atoms with E-state index in [2.05, 4.69) is 28.4 Å². The van der Waals surface area contributed by atoms with Gasteiger partial charge in [0.05, 0.1) is 0 Å². The number of rotatable bonds is 5. The number of anilines is 1. The highest BCUT2D eigenvalue weighted by molar-refractivity contribution is 5.28. The third-order valence-corrected chi connectivity index (χ3v) is 4.83. The van der Waals surface area contributed by atoms with E-state index in [4.69, 9.17) is 0 Å². The molecule has 2 saturated carbocycles. The van der Waals surface area contributed by atoms with Gasteiger partial charge in [-0.25, -0.2) is 4.98 Å². The normalized spacial score (nSPS) is 31.5. The first-order valence-corrected chi connectivity index (χ1v) is 7.16. The third-order valence-electron chi connectivity index (χ3n) is 4.83. The molecule has 1 aromatic heterocycles. The summed E-state index contributed by atoms with van der Waals surface area (Å²) < 4.78 is 2.12. The molecular formula is C15H23N3. The summed E-state index contributed by atoms with van der Waals surface area (Å²) in [4.78, 5) is 4.41. The van der Waals surface area contributed by atoms with Crippen LogP contribution in [-0.2, 0) is 6.54 Å². The lowest BCUT2D eigenvalue weighted by molar-refractivity contribution is 0.303. The van der Waals surface area contributed by atoms with Crippen molar-refractivity contribution in [3.8, 4) is 0 Å². The van der Waals surface area contributed by atoms with Crippen LogP contribution in [0.15, 0.2) is 25.0 Å². The number of nitrogens with zero attached hydrogens (tertiary/aromatic N) is 2. The molecule has 98 valence electrons. The molecular weight excluding hydrogens is 222 g/mol. The minimum atomic E-state index is 0.534. The number of nitrogens with one attached hydrogen (secondary N) is 1. The summed E-state index contributed by atoms with van der Waals surface area (Å²) in [6.45, 7) is 6.93. The topological polar surface area (TPSA) is 29.9 Å². The molecule has 4 atom stereocenters. The predicted octanol–water partition coefficient (Wildman–Crippen LogP) is 3.31. The lowest BCUT2D eigenvalue weighted by atomic mass is 9.84. The highest BCUT2D eigenvalue weighted by Crippen LogP contribution is 2.49. The zero-order valence-corrected chi connectivity index (χ0v) is 11.2. The summed E-state index contributed by atoms with van der Waals surface area (Å²) in [7, 11) is 0. The van der Waals surface area contributed by atoms with E-state index in [0.717, 1.165) is 30.2 Å². The van der Waals surface area contributed by atoms with Crippen molar-refractivity contribution in [2.75, 3.05) is 5.32 Å². The lowest BCUT2D eigenvalue weighted by Gasteiger charge is -2.29. The number of hydrogen-bond donors (Lipinski definition) is 1. The van der Waals surface area contributed by atoms with E-state index in [9.17, 15) is 0 Å². The molecule has 3 rings (SSSR count). The van der Waals surface area contributed by atoms with Crippen molar-refractivity contribution in [2.24, 2.45) is 17.8 Å². The van der Waals surface area contributed by atoms with Gasteiger partial charge in [0.1, 0.15) is 0 Å². The molecule has 2 aliphatic carbocycles. The van der Waals surface area contributed by atoms with Crippen LogP contribution in [0.1, 0.15) is 32.6 Å². The molecule has 2 fully saturated rings. The van der Waals surface area contributed by atoms with Gasteiger partial charge in [-0.05, 0) is 43.9 Å². The Morgan fingerprint density at radius 3 is 3.11 bits per heavy atom. The minimum absolute atomic E-state index is 0.534. The summed E-state index contributed by atoms with van der Waals surface area (Å²) in [5, 5.41) is 3.61. The first kappa shape index (κ1) is 11.8. The Kier molecular flexibility index (Phi) is 3.14. The predicted molar refractivity (Wildman–Crippen MR) is 74.4 cm³/mol. The van der Waals surface area contributed by atoms with E-state index in [1.54, 1.807) is 0 Å². The monoisotopic (exact) mass is 245 g/mol. The van der Waals surface area contributed by atoms with Gasteiger partial charge in [0.25, 0.3) is 0 Å². The van der Waals surface area contributed by atoms with Gasteiger partial charge in [-0.1, -0.05) is 12.5 Å². The number of hydrogen-bond acceptors (Lipinski definition) is 2. The van der Waals surface area contributed by atoms with Crippen LogP contribution in [0.4, 0.5) is 5.95 Å². The Balaban J connectivity index is 1.65. The van der Waals surface area contributed by atoms with E-state index in [0.29, 0.717) is 6.04 Å². The van der Waals surface area contributed by atoms with E-state index in [1.165, 1.54) is 25.7 Å². The van der Waals surface area contributed by atoms with Crippen molar-refractivity contribution < 1.29 is 0 Å². The first-order chi connectivity index (χ1) is 8.78. The van der Waals surface area contributed by atoms with Gasteiger partial charge in [0, 0.05) is 25.0 Å². The molecule has 2 aliphatic rings. The van der Waals surface area contributed by atoms with Crippen molar-refractivity contribution in [3.05, 3.63) is 25.0 Å². The molecule has 1 heterocycles. The van der Waals surface area contributed by atoms with Crippen LogP contribution in [0, 0.1) is 17.8 Å². The van der Waals surface area contributed by atoms with Crippen molar-refractivity contribution in [1.29, 1.82) is 0 Å². The Morgan fingerprint density at radius 1 is 1.56 bits per heavy atom. The Bertz CT molecular complexity index is 423. The minimum Gasteiger partial charge on any atom is -0.353 e. The SMILES string of the molecule is C=CCn1ccnc1NC(C)C1CC2CCC1C2. The average Bonchev–Trinajstić information content (AvgIpc) is 3.06. The summed E-state index contributed by atoms with van der Waals surface area (Å²) in [6.07, 6.45) is 11.6. The molecule has 0 aliphatic heterocycles. The fourth-order valence-corrected chi connectivity index (χ4v) is 3.95. The maximum absolute atomic E-state index is 4.41. The standard InChI is InChI=1S/C15H23N3/c1-3-7-18-8-6-16-15(18)17-11(2)14-10-12-4-5-13(14)9-12/h3,6,8,11-14H,1,4-5,7,9-10H2,2H3,(H,16,17). The van der Waals surface area contributed by atoms with Crippen molar-refractivity contribution >= 4 is 5.95 Å². The van der Waals surface area contributed by atoms with Gasteiger partial charge < -0.3 is 9.88 Å². The van der Waals surface area contributed by atoms with Gasteiger partial charge in [0.2, 0.25) is 5.95 Å². The molecule has 3 nitrogen and oxygen atoms in total. The molecule has 0 spiro atoms. The van der Waals surface area contributed by atoms with Crippen LogP contribution < -0.4 is 5.32 Å². The van der Waals surface area contributed by atoms with E-state index in [1.807, 2.05) is 18.5 Å². The number of imidazole rings is 1. The lowest BCUT2D eigenvalue weighted by Crippen LogP contribution is -2.31. The molecule has 1 aromatic rings. The Labute approximate surface area is 109 Å². The molecule has 3 heteroatoms. The van der Waals surface area contributed by atoms with Gasteiger partial charge in [-0.3, -0.25) is 0 Å². The maximum Gasteiger partial charge on any atom is 0.203 e. The highest BCUT2D eigenvalue weighted by Gasteiger charge is 2.41. The molecule has 0 amide bonds. The summed E-state index contributed by atoms with van der Waals surface area (Å²) in [5.74, 6) is 3.81. The van der Waals surface area contributed by atoms with Gasteiger partial charge >= 0.3 is 0 Å². The molecule has 4 unspecified atom stereocenters. The zero-order chi connectivity index (χ0) is 12.5. The zero-order valence-electron chi connectivity index (χ0n) is 11.2. The van der Waals surface area contributed by atoms with Crippen LogP contribution >= 0.6 is 0 Å². The molecule has 2 bridgehead atoms. The van der Waals surface area contributed by atoms with E-state index < -0.39 is 0 Å². The second kappa shape index (κ2) is 4.79. The fourth-order valence-electron chi connectivity index (χ4n) is 3.95. The molecule has 18 heavy (non-hydrogen) atoms. The van der Waals surface area contributed by atoms with E-state index in [-0.39, 0.29) is 0 Å². The molecule has 0 radical (unpaired) electrons. The summed E-state index contributed by atoms with van der Waals surface area (Å²) in [6, 6.07) is 0.534. The third kappa shape index (κ3) is 2.06.